The minimum Gasteiger partial charge on any atom is -0.464 e. The number of hydrogen-bond acceptors (Lipinski definition) is 4. The Hall–Kier alpha value is -2.47. The van der Waals surface area contributed by atoms with Crippen LogP contribution in [0.4, 0.5) is 4.79 Å². The minimum absolute atomic E-state index is 0.0296. The zero-order valence-electron chi connectivity index (χ0n) is 12.5. The number of carbonyl (C=O) groups is 1. The molecule has 4 N–H and O–H groups in total. The standard InChI is InChI=1S/C16H19N3O3/c1-9(10(2)17)7-13(18)12-4-3-11-5-6-15(20)19(16(21)22)14(11)8-12/h3-6,8-10,18H,7,17H2,1-2H3,(H,21,22). The van der Waals surface area contributed by atoms with E-state index < -0.39 is 11.7 Å². The van der Waals surface area contributed by atoms with Gasteiger partial charge in [0.05, 0.1) is 5.52 Å². The maximum atomic E-state index is 11.7. The summed E-state index contributed by atoms with van der Waals surface area (Å²) in [7, 11) is 0. The first-order chi connectivity index (χ1) is 10.3. The third-order valence-electron chi connectivity index (χ3n) is 3.86. The van der Waals surface area contributed by atoms with Gasteiger partial charge in [-0.05, 0) is 42.3 Å². The average molecular weight is 301 g/mol. The van der Waals surface area contributed by atoms with E-state index in [2.05, 4.69) is 0 Å². The zero-order valence-corrected chi connectivity index (χ0v) is 12.5. The number of aromatic nitrogens is 1. The van der Waals surface area contributed by atoms with Crippen molar-refractivity contribution in [1.82, 2.24) is 4.57 Å². The maximum Gasteiger partial charge on any atom is 0.419 e. The molecule has 0 radical (unpaired) electrons. The summed E-state index contributed by atoms with van der Waals surface area (Å²) in [5.41, 5.74) is 6.47. The van der Waals surface area contributed by atoms with E-state index in [0.717, 1.165) is 0 Å². The van der Waals surface area contributed by atoms with Crippen LogP contribution in [0, 0.1) is 11.3 Å². The number of hydrogen-bond donors (Lipinski definition) is 3. The van der Waals surface area contributed by atoms with Crippen molar-refractivity contribution in [1.29, 1.82) is 5.41 Å². The number of nitrogens with zero attached hydrogens (tertiary/aromatic N) is 1. The van der Waals surface area contributed by atoms with E-state index in [-0.39, 0.29) is 17.5 Å². The Morgan fingerprint density at radius 2 is 1.95 bits per heavy atom. The van der Waals surface area contributed by atoms with Crippen molar-refractivity contribution in [2.24, 2.45) is 11.7 Å². The van der Waals surface area contributed by atoms with Crippen LogP contribution < -0.4 is 11.3 Å². The summed E-state index contributed by atoms with van der Waals surface area (Å²) in [6.07, 6.45) is -0.837. The highest BCUT2D eigenvalue weighted by atomic mass is 16.4. The normalized spacial score (nSPS) is 13.8. The van der Waals surface area contributed by atoms with E-state index in [1.54, 1.807) is 24.3 Å². The third kappa shape index (κ3) is 3.07. The van der Waals surface area contributed by atoms with Crippen LogP contribution in [0.3, 0.4) is 0 Å². The molecule has 6 nitrogen and oxygen atoms in total. The lowest BCUT2D eigenvalue weighted by Crippen LogP contribution is -2.26. The fraction of sp³-hybridized carbons (Fsp3) is 0.312. The molecular formula is C16H19N3O3. The molecule has 2 aromatic rings. The van der Waals surface area contributed by atoms with Crippen molar-refractivity contribution < 1.29 is 9.90 Å². The highest BCUT2D eigenvalue weighted by molar-refractivity contribution is 6.02. The Bertz CT molecular complexity index is 793. The summed E-state index contributed by atoms with van der Waals surface area (Å²) in [6, 6.07) is 7.82. The quantitative estimate of drug-likeness (QED) is 0.752. The van der Waals surface area contributed by atoms with E-state index in [1.807, 2.05) is 13.8 Å². The van der Waals surface area contributed by atoms with Gasteiger partial charge in [-0.15, -0.1) is 0 Å². The molecule has 22 heavy (non-hydrogen) atoms. The van der Waals surface area contributed by atoms with Gasteiger partial charge in [0.15, 0.2) is 0 Å². The largest absolute Gasteiger partial charge is 0.464 e. The zero-order chi connectivity index (χ0) is 16.4. The van der Waals surface area contributed by atoms with Gasteiger partial charge in [-0.1, -0.05) is 19.1 Å². The van der Waals surface area contributed by atoms with Gasteiger partial charge in [0.25, 0.3) is 5.56 Å². The first kappa shape index (κ1) is 15.9. The van der Waals surface area contributed by atoms with Gasteiger partial charge in [0, 0.05) is 17.8 Å². The predicted octanol–water partition coefficient (Wildman–Crippen LogP) is 2.27. The fourth-order valence-corrected chi connectivity index (χ4v) is 2.24. The van der Waals surface area contributed by atoms with Crippen LogP contribution in [0.15, 0.2) is 35.1 Å². The molecule has 2 unspecified atom stereocenters. The highest BCUT2D eigenvalue weighted by Gasteiger charge is 2.14. The molecule has 2 rings (SSSR count). The molecule has 0 saturated carbocycles. The Morgan fingerprint density at radius 3 is 2.55 bits per heavy atom. The Labute approximate surface area is 127 Å². The lowest BCUT2D eigenvalue weighted by molar-refractivity contribution is 0.196. The molecule has 0 amide bonds. The molecule has 0 aliphatic carbocycles. The highest BCUT2D eigenvalue weighted by Crippen LogP contribution is 2.18. The van der Waals surface area contributed by atoms with E-state index in [0.29, 0.717) is 27.6 Å². The van der Waals surface area contributed by atoms with Gasteiger partial charge in [0.1, 0.15) is 0 Å². The first-order valence-corrected chi connectivity index (χ1v) is 7.03. The maximum absolute atomic E-state index is 11.7. The molecule has 0 spiro atoms. The molecule has 0 bridgehead atoms. The Balaban J connectivity index is 2.50. The summed E-state index contributed by atoms with van der Waals surface area (Å²) in [5.74, 6) is 0.139. The summed E-state index contributed by atoms with van der Waals surface area (Å²) < 4.78 is 0.696. The molecule has 0 aliphatic heterocycles. The summed E-state index contributed by atoms with van der Waals surface area (Å²) in [6.45, 7) is 3.86. The number of carboxylic acid groups (broad SMARTS) is 1. The van der Waals surface area contributed by atoms with E-state index >= 15 is 0 Å². The van der Waals surface area contributed by atoms with Crippen molar-refractivity contribution in [2.75, 3.05) is 0 Å². The predicted molar refractivity (Wildman–Crippen MR) is 85.9 cm³/mol. The van der Waals surface area contributed by atoms with Crippen LogP contribution in [0.5, 0.6) is 0 Å². The molecule has 1 aromatic heterocycles. The molecule has 0 saturated heterocycles. The number of rotatable bonds is 4. The molecule has 1 heterocycles. The molecule has 0 fully saturated rings. The molecule has 2 atom stereocenters. The minimum atomic E-state index is -1.33. The van der Waals surface area contributed by atoms with Crippen molar-refractivity contribution in [2.45, 2.75) is 26.3 Å². The van der Waals surface area contributed by atoms with Gasteiger partial charge in [-0.2, -0.15) is 0 Å². The molecule has 0 aliphatic rings. The second-order valence-corrected chi connectivity index (χ2v) is 5.58. The van der Waals surface area contributed by atoms with E-state index in [1.165, 1.54) is 6.07 Å². The lowest BCUT2D eigenvalue weighted by Gasteiger charge is -2.16. The number of fused-ring (bicyclic) bond motifs is 1. The van der Waals surface area contributed by atoms with Crippen LogP contribution in [0.1, 0.15) is 25.8 Å². The van der Waals surface area contributed by atoms with Crippen LogP contribution >= 0.6 is 0 Å². The van der Waals surface area contributed by atoms with Gasteiger partial charge in [-0.25, -0.2) is 9.36 Å². The van der Waals surface area contributed by atoms with E-state index in [4.69, 9.17) is 11.1 Å². The smallest absolute Gasteiger partial charge is 0.419 e. The monoisotopic (exact) mass is 301 g/mol. The number of nitrogens with two attached hydrogens (primary N) is 1. The van der Waals surface area contributed by atoms with Gasteiger partial charge in [-0.3, -0.25) is 4.79 Å². The summed E-state index contributed by atoms with van der Waals surface area (Å²) in [4.78, 5) is 23.0. The first-order valence-electron chi connectivity index (χ1n) is 7.03. The van der Waals surface area contributed by atoms with Gasteiger partial charge in [0.2, 0.25) is 0 Å². The van der Waals surface area contributed by atoms with Crippen LogP contribution in [0.2, 0.25) is 0 Å². The SMILES string of the molecule is CC(N)C(C)CC(=N)c1ccc2ccc(=O)n(C(=O)O)c2c1. The Kier molecular flexibility index (Phi) is 4.42. The molecule has 1 aromatic carbocycles. The third-order valence-corrected chi connectivity index (χ3v) is 3.86. The van der Waals surface area contributed by atoms with Crippen molar-refractivity contribution in [3.05, 3.63) is 46.2 Å². The van der Waals surface area contributed by atoms with Crippen molar-refractivity contribution in [3.8, 4) is 0 Å². The second-order valence-electron chi connectivity index (χ2n) is 5.58. The molecule has 6 heteroatoms. The van der Waals surface area contributed by atoms with Crippen LogP contribution in [-0.4, -0.2) is 27.5 Å². The number of pyridine rings is 1. The number of nitrogens with one attached hydrogen (secondary N) is 1. The second kappa shape index (κ2) is 6.11. The van der Waals surface area contributed by atoms with Gasteiger partial charge >= 0.3 is 6.09 Å². The topological polar surface area (TPSA) is 109 Å². The summed E-state index contributed by atoms with van der Waals surface area (Å²) >= 11 is 0. The van der Waals surface area contributed by atoms with Crippen molar-refractivity contribution >= 4 is 22.7 Å². The number of benzene rings is 1. The van der Waals surface area contributed by atoms with Gasteiger partial charge < -0.3 is 16.2 Å². The van der Waals surface area contributed by atoms with Crippen LogP contribution in [-0.2, 0) is 0 Å². The molecular weight excluding hydrogens is 282 g/mol. The average Bonchev–Trinajstić information content (AvgIpc) is 2.45. The van der Waals surface area contributed by atoms with E-state index in [9.17, 15) is 14.7 Å². The van der Waals surface area contributed by atoms with Crippen LogP contribution in [0.25, 0.3) is 10.9 Å². The lowest BCUT2D eigenvalue weighted by atomic mass is 9.94. The fourth-order valence-electron chi connectivity index (χ4n) is 2.24. The summed E-state index contributed by atoms with van der Waals surface area (Å²) in [5, 5.41) is 18.0. The Morgan fingerprint density at radius 1 is 1.32 bits per heavy atom. The molecule has 116 valence electrons. The van der Waals surface area contributed by atoms with Crippen molar-refractivity contribution in [3.63, 3.8) is 0 Å².